The van der Waals surface area contributed by atoms with E-state index in [0.29, 0.717) is 11.0 Å². The van der Waals surface area contributed by atoms with Gasteiger partial charge in [0.15, 0.2) is 0 Å². The van der Waals surface area contributed by atoms with Gasteiger partial charge in [-0.3, -0.25) is 9.89 Å². The Bertz CT molecular complexity index is 459. The largest absolute Gasteiger partial charge is 0.307 e. The van der Waals surface area contributed by atoms with Gasteiger partial charge < -0.3 is 4.98 Å². The average molecular weight is 228 g/mol. The lowest BCUT2D eigenvalue weighted by atomic mass is 10.2. The van der Waals surface area contributed by atoms with Crippen LogP contribution in [-0.4, -0.2) is 15.2 Å². The zero-order valence-electron chi connectivity index (χ0n) is 6.10. The Morgan fingerprint density at radius 1 is 1.58 bits per heavy atom. The summed E-state index contributed by atoms with van der Waals surface area (Å²) in [5.41, 5.74) is 1.51. The fourth-order valence-corrected chi connectivity index (χ4v) is 1.59. The van der Waals surface area contributed by atoms with E-state index in [4.69, 9.17) is 0 Å². The Morgan fingerprint density at radius 2 is 2.42 bits per heavy atom. The number of hydrogen-bond donors (Lipinski definition) is 2. The molecule has 5 heteroatoms. The summed E-state index contributed by atoms with van der Waals surface area (Å²) in [4.78, 5) is 13.7. The van der Waals surface area contributed by atoms with Crippen LogP contribution in [0, 0.1) is 0 Å². The van der Waals surface area contributed by atoms with E-state index < -0.39 is 0 Å². The van der Waals surface area contributed by atoms with Gasteiger partial charge >= 0.3 is 0 Å². The number of fused-ring (bicyclic) bond motifs is 1. The molecule has 2 N–H and O–H groups in total. The van der Waals surface area contributed by atoms with E-state index in [2.05, 4.69) is 31.1 Å². The smallest absolute Gasteiger partial charge is 0.249 e. The Hall–Kier alpha value is -1.10. The summed E-state index contributed by atoms with van der Waals surface area (Å²) in [6.07, 6.45) is 1.70. The maximum atomic E-state index is 11.0. The van der Waals surface area contributed by atoms with Crippen molar-refractivity contribution in [3.05, 3.63) is 28.2 Å². The van der Waals surface area contributed by atoms with Crippen molar-refractivity contribution in [1.29, 1.82) is 0 Å². The standard InChI is InChI=1S/C7H6BrN3O/c8-2-4-1-6(12)10-7-5(4)3-9-11-7/h1,3H,2H2,(H2,9,10,11,12). The molecule has 4 nitrogen and oxygen atoms in total. The van der Waals surface area contributed by atoms with Gasteiger partial charge in [0.1, 0.15) is 5.65 Å². The molecule has 0 aliphatic rings. The highest BCUT2D eigenvalue weighted by molar-refractivity contribution is 9.08. The number of hydrogen-bond acceptors (Lipinski definition) is 2. The summed E-state index contributed by atoms with van der Waals surface area (Å²) in [6.45, 7) is 0. The van der Waals surface area contributed by atoms with Crippen LogP contribution in [-0.2, 0) is 5.33 Å². The van der Waals surface area contributed by atoms with E-state index in [9.17, 15) is 4.79 Å². The molecule has 0 bridgehead atoms. The zero-order chi connectivity index (χ0) is 8.55. The predicted molar refractivity (Wildman–Crippen MR) is 49.3 cm³/mol. The molecular weight excluding hydrogens is 222 g/mol. The number of halogens is 1. The van der Waals surface area contributed by atoms with Crippen molar-refractivity contribution in [2.75, 3.05) is 0 Å². The second-order valence-electron chi connectivity index (χ2n) is 2.45. The topological polar surface area (TPSA) is 61.5 Å². The van der Waals surface area contributed by atoms with Gasteiger partial charge in [0.25, 0.3) is 0 Å². The fourth-order valence-electron chi connectivity index (χ4n) is 1.13. The molecule has 62 valence electrons. The third-order valence-electron chi connectivity index (χ3n) is 1.68. The molecule has 0 aliphatic heterocycles. The summed E-state index contributed by atoms with van der Waals surface area (Å²) in [5.74, 6) is 0. The minimum Gasteiger partial charge on any atom is -0.307 e. The number of aromatic nitrogens is 3. The highest BCUT2D eigenvalue weighted by atomic mass is 79.9. The first-order chi connectivity index (χ1) is 5.81. The lowest BCUT2D eigenvalue weighted by Crippen LogP contribution is -2.05. The van der Waals surface area contributed by atoms with E-state index in [-0.39, 0.29) is 5.56 Å². The van der Waals surface area contributed by atoms with Crippen LogP contribution < -0.4 is 5.56 Å². The molecule has 0 amide bonds. The monoisotopic (exact) mass is 227 g/mol. The second-order valence-corrected chi connectivity index (χ2v) is 3.01. The van der Waals surface area contributed by atoms with Crippen LogP contribution in [0.3, 0.4) is 0 Å². The molecular formula is C7H6BrN3O. The zero-order valence-corrected chi connectivity index (χ0v) is 7.68. The number of rotatable bonds is 1. The first-order valence-corrected chi connectivity index (χ1v) is 4.54. The van der Waals surface area contributed by atoms with Crippen LogP contribution in [0.25, 0.3) is 11.0 Å². The maximum Gasteiger partial charge on any atom is 0.249 e. The maximum absolute atomic E-state index is 11.0. The molecule has 12 heavy (non-hydrogen) atoms. The van der Waals surface area contributed by atoms with Crippen molar-refractivity contribution in [2.45, 2.75) is 5.33 Å². The van der Waals surface area contributed by atoms with E-state index in [1.807, 2.05) is 0 Å². The summed E-state index contributed by atoms with van der Waals surface area (Å²) in [7, 11) is 0. The minimum atomic E-state index is -0.110. The second kappa shape index (κ2) is 2.75. The molecule has 0 aliphatic carbocycles. The van der Waals surface area contributed by atoms with Crippen LogP contribution in [0.1, 0.15) is 5.56 Å². The summed E-state index contributed by atoms with van der Waals surface area (Å²) < 4.78 is 0. The molecule has 2 aromatic rings. The first kappa shape index (κ1) is 7.54. The molecule has 0 aromatic carbocycles. The van der Waals surface area contributed by atoms with Crippen molar-refractivity contribution < 1.29 is 0 Å². The first-order valence-electron chi connectivity index (χ1n) is 3.42. The summed E-state index contributed by atoms with van der Waals surface area (Å²) in [5, 5.41) is 8.15. The Labute approximate surface area is 76.1 Å². The average Bonchev–Trinajstić information content (AvgIpc) is 2.50. The van der Waals surface area contributed by atoms with Crippen LogP contribution >= 0.6 is 15.9 Å². The molecule has 0 spiro atoms. The molecule has 0 unspecified atom stereocenters. The molecule has 0 atom stereocenters. The number of H-pyrrole nitrogens is 2. The number of nitrogens with one attached hydrogen (secondary N) is 2. The third kappa shape index (κ3) is 1.06. The molecule has 0 saturated heterocycles. The number of alkyl halides is 1. The van der Waals surface area contributed by atoms with Crippen LogP contribution in [0.2, 0.25) is 0 Å². The quantitative estimate of drug-likeness (QED) is 0.719. The van der Waals surface area contributed by atoms with Gasteiger partial charge in [-0.2, -0.15) is 5.10 Å². The predicted octanol–water partition coefficient (Wildman–Crippen LogP) is 1.15. The van der Waals surface area contributed by atoms with E-state index in [0.717, 1.165) is 10.9 Å². The van der Waals surface area contributed by atoms with Crippen molar-refractivity contribution in [3.8, 4) is 0 Å². The molecule has 2 aromatic heterocycles. The molecule has 0 saturated carbocycles. The number of aromatic amines is 2. The summed E-state index contributed by atoms with van der Waals surface area (Å²) >= 11 is 3.30. The van der Waals surface area contributed by atoms with Gasteiger partial charge in [-0.05, 0) is 5.56 Å². The summed E-state index contributed by atoms with van der Waals surface area (Å²) in [6, 6.07) is 1.56. The molecule has 0 radical (unpaired) electrons. The highest BCUT2D eigenvalue weighted by Gasteiger charge is 2.02. The lowest BCUT2D eigenvalue weighted by Gasteiger charge is -1.94. The Balaban J connectivity index is 2.89. The van der Waals surface area contributed by atoms with Crippen molar-refractivity contribution in [1.82, 2.24) is 15.2 Å². The SMILES string of the molecule is O=c1cc(CBr)c2cn[nH]c2[nH]1. The normalized spacial score (nSPS) is 10.8. The molecule has 0 fully saturated rings. The van der Waals surface area contributed by atoms with Crippen LogP contribution in [0.5, 0.6) is 0 Å². The highest BCUT2D eigenvalue weighted by Crippen LogP contribution is 2.13. The van der Waals surface area contributed by atoms with Crippen molar-refractivity contribution >= 4 is 27.0 Å². The van der Waals surface area contributed by atoms with Crippen LogP contribution in [0.15, 0.2) is 17.1 Å². The van der Waals surface area contributed by atoms with Gasteiger partial charge in [0, 0.05) is 16.8 Å². The van der Waals surface area contributed by atoms with Crippen molar-refractivity contribution in [2.24, 2.45) is 0 Å². The Morgan fingerprint density at radius 3 is 3.17 bits per heavy atom. The van der Waals surface area contributed by atoms with Gasteiger partial charge in [-0.1, -0.05) is 15.9 Å². The molecule has 2 rings (SSSR count). The Kier molecular flexibility index (Phi) is 1.73. The van der Waals surface area contributed by atoms with E-state index in [1.165, 1.54) is 0 Å². The van der Waals surface area contributed by atoms with Crippen molar-refractivity contribution in [3.63, 3.8) is 0 Å². The van der Waals surface area contributed by atoms with Gasteiger partial charge in [0.2, 0.25) is 5.56 Å². The lowest BCUT2D eigenvalue weighted by molar-refractivity contribution is 1.09. The number of pyridine rings is 1. The fraction of sp³-hybridized carbons (Fsp3) is 0.143. The van der Waals surface area contributed by atoms with Gasteiger partial charge in [-0.25, -0.2) is 0 Å². The molecule has 2 heterocycles. The van der Waals surface area contributed by atoms with E-state index >= 15 is 0 Å². The third-order valence-corrected chi connectivity index (χ3v) is 2.29. The minimum absolute atomic E-state index is 0.110. The number of nitrogens with zero attached hydrogens (tertiary/aromatic N) is 1. The van der Waals surface area contributed by atoms with E-state index in [1.54, 1.807) is 12.3 Å². The van der Waals surface area contributed by atoms with Gasteiger partial charge in [-0.15, -0.1) is 0 Å². The van der Waals surface area contributed by atoms with Crippen LogP contribution in [0.4, 0.5) is 0 Å². The van der Waals surface area contributed by atoms with Gasteiger partial charge in [0.05, 0.1) is 6.20 Å².